The van der Waals surface area contributed by atoms with Gasteiger partial charge in [0.15, 0.2) is 11.6 Å². The number of nitrogens with zero attached hydrogens (tertiary/aromatic N) is 2. The lowest BCUT2D eigenvalue weighted by molar-refractivity contribution is 0.0521. The van der Waals surface area contributed by atoms with E-state index in [1.165, 1.54) is 14.1 Å². The Morgan fingerprint density at radius 2 is 1.64 bits per heavy atom. The highest BCUT2D eigenvalue weighted by molar-refractivity contribution is 7.90. The predicted octanol–water partition coefficient (Wildman–Crippen LogP) is 2.53. The Balaban J connectivity index is 1.88. The molecule has 1 aromatic carbocycles. The van der Waals surface area contributed by atoms with Gasteiger partial charge in [-0.25, -0.2) is 8.78 Å². The van der Waals surface area contributed by atoms with Crippen LogP contribution in [0.3, 0.4) is 0 Å². The summed E-state index contributed by atoms with van der Waals surface area (Å²) in [5, 5.41) is 12.3. The molecule has 1 aromatic rings. The summed E-state index contributed by atoms with van der Waals surface area (Å²) in [5.41, 5.74) is -1.47. The second-order valence-electron chi connectivity index (χ2n) is 7.83. The monoisotopic (exact) mass is 412 g/mol. The molecule has 28 heavy (non-hydrogen) atoms. The van der Waals surface area contributed by atoms with Crippen LogP contribution in [0.5, 0.6) is 0 Å². The minimum atomic E-state index is -4.02. The molecule has 2 N–H and O–H groups in total. The molecule has 3 aliphatic carbocycles. The maximum Gasteiger partial charge on any atom is 0.301 e. The quantitative estimate of drug-likeness (QED) is 0.776. The third kappa shape index (κ3) is 3.69. The van der Waals surface area contributed by atoms with Gasteiger partial charge in [0.1, 0.15) is 0 Å². The molecule has 152 valence electrons. The van der Waals surface area contributed by atoms with E-state index in [1.54, 1.807) is 0 Å². The van der Waals surface area contributed by atoms with E-state index in [0.29, 0.717) is 50.7 Å². The van der Waals surface area contributed by atoms with Crippen molar-refractivity contribution in [1.29, 1.82) is 5.26 Å². The summed E-state index contributed by atoms with van der Waals surface area (Å²) in [6, 6.07) is 3.73. The largest absolute Gasteiger partial charge is 0.347 e. The molecule has 3 saturated carbocycles. The van der Waals surface area contributed by atoms with Crippen molar-refractivity contribution in [2.24, 2.45) is 5.41 Å². The van der Waals surface area contributed by atoms with Crippen LogP contribution in [0.1, 0.15) is 48.9 Å². The van der Waals surface area contributed by atoms with Gasteiger partial charge in [0.2, 0.25) is 0 Å². The minimum Gasteiger partial charge on any atom is -0.347 e. The van der Waals surface area contributed by atoms with E-state index in [1.807, 2.05) is 0 Å². The molecule has 3 fully saturated rings. The first-order valence-electron chi connectivity index (χ1n) is 8.95. The standard InChI is InChI=1S/C18H22F2N4O3S/c1-24(2)28(26,27)23-15-10-14(20)13(19)9-12(15)16(25)22-18-6-3-17(11-21,4-7-18)5-8-18/h9-10,23H,3-8H2,1-2H3,(H,22,25). The van der Waals surface area contributed by atoms with Crippen molar-refractivity contribution in [3.05, 3.63) is 29.3 Å². The topological polar surface area (TPSA) is 102 Å². The summed E-state index contributed by atoms with van der Waals surface area (Å²) < 4.78 is 54.7. The molecule has 0 unspecified atom stereocenters. The van der Waals surface area contributed by atoms with Crippen LogP contribution >= 0.6 is 0 Å². The SMILES string of the molecule is CN(C)S(=O)(=O)Nc1cc(F)c(F)cc1C(=O)NC12CCC(C#N)(CC1)CC2. The van der Waals surface area contributed by atoms with Gasteiger partial charge in [0.05, 0.1) is 22.7 Å². The molecule has 4 rings (SSSR count). The molecule has 0 aliphatic heterocycles. The van der Waals surface area contributed by atoms with Crippen LogP contribution in [0.25, 0.3) is 0 Å². The number of rotatable bonds is 5. The molecular weight excluding hydrogens is 390 g/mol. The third-order valence-electron chi connectivity index (χ3n) is 5.89. The number of carbonyl (C=O) groups is 1. The minimum absolute atomic E-state index is 0.290. The van der Waals surface area contributed by atoms with Gasteiger partial charge < -0.3 is 5.32 Å². The lowest BCUT2D eigenvalue weighted by Crippen LogP contribution is -2.56. The maximum absolute atomic E-state index is 13.8. The highest BCUT2D eigenvalue weighted by Crippen LogP contribution is 2.52. The molecule has 0 radical (unpaired) electrons. The average molecular weight is 412 g/mol. The van der Waals surface area contributed by atoms with E-state index in [-0.39, 0.29) is 16.7 Å². The van der Waals surface area contributed by atoms with Crippen LogP contribution in [-0.4, -0.2) is 38.3 Å². The molecule has 7 nitrogen and oxygen atoms in total. The summed E-state index contributed by atoms with van der Waals surface area (Å²) in [4.78, 5) is 12.9. The van der Waals surface area contributed by atoms with E-state index < -0.39 is 33.3 Å². The third-order valence-corrected chi connectivity index (χ3v) is 7.33. The van der Waals surface area contributed by atoms with E-state index in [0.717, 1.165) is 4.31 Å². The molecule has 10 heteroatoms. The Hall–Kier alpha value is -2.25. The first-order chi connectivity index (χ1) is 13.0. The van der Waals surface area contributed by atoms with Crippen molar-refractivity contribution in [3.8, 4) is 6.07 Å². The van der Waals surface area contributed by atoms with Crippen LogP contribution in [0, 0.1) is 28.4 Å². The first kappa shape index (κ1) is 20.5. The van der Waals surface area contributed by atoms with E-state index in [2.05, 4.69) is 16.1 Å². The number of halogens is 2. The lowest BCUT2D eigenvalue weighted by atomic mass is 9.58. The van der Waals surface area contributed by atoms with Crippen molar-refractivity contribution >= 4 is 21.8 Å². The molecule has 0 atom stereocenters. The summed E-state index contributed by atoms with van der Waals surface area (Å²) in [7, 11) is -1.48. The van der Waals surface area contributed by atoms with E-state index in [9.17, 15) is 27.3 Å². The number of hydrogen-bond acceptors (Lipinski definition) is 4. The molecule has 0 spiro atoms. The van der Waals surface area contributed by atoms with E-state index in [4.69, 9.17) is 0 Å². The van der Waals surface area contributed by atoms with Crippen molar-refractivity contribution in [2.45, 2.75) is 44.1 Å². The van der Waals surface area contributed by atoms with Crippen LogP contribution < -0.4 is 10.0 Å². The Kier molecular flexibility index (Phi) is 5.10. The first-order valence-corrected chi connectivity index (χ1v) is 10.4. The van der Waals surface area contributed by atoms with Crippen molar-refractivity contribution < 1.29 is 22.0 Å². The Bertz CT molecular complexity index is 932. The molecule has 0 heterocycles. The highest BCUT2D eigenvalue weighted by Gasteiger charge is 2.49. The van der Waals surface area contributed by atoms with Gasteiger partial charge >= 0.3 is 10.2 Å². The second-order valence-corrected chi connectivity index (χ2v) is 9.71. The fraction of sp³-hybridized carbons (Fsp3) is 0.556. The van der Waals surface area contributed by atoms with Gasteiger partial charge in [-0.15, -0.1) is 0 Å². The van der Waals surface area contributed by atoms with Crippen molar-refractivity contribution in [2.75, 3.05) is 18.8 Å². The number of amides is 1. The van der Waals surface area contributed by atoms with Gasteiger partial charge in [-0.3, -0.25) is 9.52 Å². The lowest BCUT2D eigenvalue weighted by Gasteiger charge is -2.50. The number of nitriles is 1. The number of carbonyl (C=O) groups excluding carboxylic acids is 1. The molecular formula is C18H22F2N4O3S. The fourth-order valence-electron chi connectivity index (χ4n) is 3.90. The zero-order valence-corrected chi connectivity index (χ0v) is 16.5. The predicted molar refractivity (Wildman–Crippen MR) is 98.5 cm³/mol. The van der Waals surface area contributed by atoms with Crippen molar-refractivity contribution in [3.63, 3.8) is 0 Å². The average Bonchev–Trinajstić information content (AvgIpc) is 2.65. The van der Waals surface area contributed by atoms with Gasteiger partial charge in [-0.05, 0) is 44.6 Å². The number of anilines is 1. The summed E-state index contributed by atoms with van der Waals surface area (Å²) in [5.74, 6) is -3.19. The van der Waals surface area contributed by atoms with Crippen LogP contribution in [-0.2, 0) is 10.2 Å². The maximum atomic E-state index is 13.8. The van der Waals surface area contributed by atoms with E-state index >= 15 is 0 Å². The van der Waals surface area contributed by atoms with Crippen molar-refractivity contribution in [1.82, 2.24) is 9.62 Å². The number of hydrogen-bond donors (Lipinski definition) is 2. The van der Waals surface area contributed by atoms with Crippen LogP contribution in [0.4, 0.5) is 14.5 Å². The zero-order chi connectivity index (χ0) is 20.7. The molecule has 3 aliphatic rings. The fourth-order valence-corrected chi connectivity index (χ4v) is 4.53. The number of nitrogens with one attached hydrogen (secondary N) is 2. The van der Waals surface area contributed by atoms with Gasteiger partial charge in [-0.2, -0.15) is 18.0 Å². The van der Waals surface area contributed by atoms with Crippen LogP contribution in [0.15, 0.2) is 12.1 Å². The Morgan fingerprint density at radius 3 is 2.14 bits per heavy atom. The zero-order valence-electron chi connectivity index (χ0n) is 15.7. The normalized spacial score (nSPS) is 26.7. The Morgan fingerprint density at radius 1 is 1.11 bits per heavy atom. The van der Waals surface area contributed by atoms with Gasteiger partial charge in [0.25, 0.3) is 5.91 Å². The van der Waals surface area contributed by atoms with Gasteiger partial charge in [-0.1, -0.05) is 0 Å². The summed E-state index contributed by atoms with van der Waals surface area (Å²) in [6.07, 6.45) is 3.86. The van der Waals surface area contributed by atoms with Gasteiger partial charge in [0, 0.05) is 25.7 Å². The molecule has 1 amide bonds. The number of benzene rings is 1. The second kappa shape index (κ2) is 6.97. The Labute approximate surface area is 162 Å². The molecule has 2 bridgehead atoms. The highest BCUT2D eigenvalue weighted by atomic mass is 32.2. The molecule has 0 saturated heterocycles. The summed E-state index contributed by atoms with van der Waals surface area (Å²) >= 11 is 0. The van der Waals surface area contributed by atoms with Crippen LogP contribution in [0.2, 0.25) is 0 Å². The smallest absolute Gasteiger partial charge is 0.301 e. The number of fused-ring (bicyclic) bond motifs is 3. The molecule has 0 aromatic heterocycles. The summed E-state index contributed by atoms with van der Waals surface area (Å²) in [6.45, 7) is 0.